The number of aldehydes is 2. The fourth-order valence-electron chi connectivity index (χ4n) is 1.60. The zero-order valence-corrected chi connectivity index (χ0v) is 12.1. The highest BCUT2D eigenvalue weighted by atomic mass is 19.1. The summed E-state index contributed by atoms with van der Waals surface area (Å²) in [4.78, 5) is 20.6. The molecule has 0 unspecified atom stereocenters. The molecule has 0 saturated heterocycles. The van der Waals surface area contributed by atoms with Crippen LogP contribution >= 0.6 is 0 Å². The Kier molecular flexibility index (Phi) is 6.64. The van der Waals surface area contributed by atoms with Gasteiger partial charge in [0, 0.05) is 0 Å². The average molecular weight is 310 g/mol. The van der Waals surface area contributed by atoms with Gasteiger partial charge in [-0.15, -0.1) is 0 Å². The van der Waals surface area contributed by atoms with Crippen LogP contribution in [0.3, 0.4) is 0 Å². The Morgan fingerprint density at radius 1 is 0.957 bits per heavy atom. The second-order valence-corrected chi connectivity index (χ2v) is 4.15. The van der Waals surface area contributed by atoms with Crippen LogP contribution in [-0.2, 0) is 0 Å². The number of nitriles is 2. The van der Waals surface area contributed by atoms with Gasteiger partial charge in [0.05, 0.1) is 41.5 Å². The predicted octanol–water partition coefficient (Wildman–Crippen LogP) is 2.89. The van der Waals surface area contributed by atoms with Crippen LogP contribution in [0.1, 0.15) is 31.8 Å². The van der Waals surface area contributed by atoms with Gasteiger partial charge in [-0.3, -0.25) is 9.59 Å². The van der Waals surface area contributed by atoms with Crippen molar-refractivity contribution in [3.05, 3.63) is 64.5 Å². The molecule has 0 heterocycles. The number of hydrogen-bond acceptors (Lipinski definition) is 5. The highest BCUT2D eigenvalue weighted by Gasteiger charge is 2.02. The zero-order valence-electron chi connectivity index (χ0n) is 12.1. The fraction of sp³-hybridized carbons (Fsp3) is 0.0588. The summed E-state index contributed by atoms with van der Waals surface area (Å²) in [6.45, 7) is 0. The number of carbonyl (C=O) groups is 2. The summed E-state index contributed by atoms with van der Waals surface area (Å²) >= 11 is 0. The number of nitrogens with zero attached hydrogens (tertiary/aromatic N) is 2. The van der Waals surface area contributed by atoms with Crippen molar-refractivity contribution in [1.82, 2.24) is 0 Å². The molecule has 0 radical (unpaired) electrons. The van der Waals surface area contributed by atoms with E-state index in [4.69, 9.17) is 15.3 Å². The molecule has 6 heteroatoms. The Hall–Kier alpha value is -3.51. The second kappa shape index (κ2) is 8.71. The number of ether oxygens (including phenoxy) is 1. The van der Waals surface area contributed by atoms with Crippen LogP contribution in [0.5, 0.6) is 5.75 Å². The van der Waals surface area contributed by atoms with Gasteiger partial charge in [0.15, 0.2) is 12.6 Å². The molecule has 0 amide bonds. The largest absolute Gasteiger partial charge is 0.496 e. The van der Waals surface area contributed by atoms with Crippen molar-refractivity contribution in [2.75, 3.05) is 7.11 Å². The quantitative estimate of drug-likeness (QED) is 0.813. The number of hydrogen-bond donors (Lipinski definition) is 0. The predicted molar refractivity (Wildman–Crippen MR) is 79.6 cm³/mol. The highest BCUT2D eigenvalue weighted by Crippen LogP contribution is 2.17. The number of carbonyl (C=O) groups excluding carboxylic acids is 2. The molecule has 2 aromatic rings. The lowest BCUT2D eigenvalue weighted by atomic mass is 10.1. The molecular formula is C17H11FN2O3. The van der Waals surface area contributed by atoms with Crippen LogP contribution in [0, 0.1) is 28.5 Å². The molecule has 5 nitrogen and oxygen atoms in total. The Morgan fingerprint density at radius 2 is 1.48 bits per heavy atom. The third-order valence-electron chi connectivity index (χ3n) is 2.74. The van der Waals surface area contributed by atoms with Crippen LogP contribution in [0.2, 0.25) is 0 Å². The number of rotatable bonds is 3. The normalized spacial score (nSPS) is 8.70. The molecule has 2 aromatic carbocycles. The second-order valence-electron chi connectivity index (χ2n) is 4.15. The van der Waals surface area contributed by atoms with Gasteiger partial charge in [0.25, 0.3) is 0 Å². The summed E-state index contributed by atoms with van der Waals surface area (Å²) < 4.78 is 17.5. The minimum atomic E-state index is -0.598. The SMILES string of the molecule is COc1ccc(C#N)cc1C=O.N#Cc1ccc(F)c(C=O)c1. The Morgan fingerprint density at radius 3 is 1.96 bits per heavy atom. The summed E-state index contributed by atoms with van der Waals surface area (Å²) in [7, 11) is 1.48. The van der Waals surface area contributed by atoms with Crippen LogP contribution < -0.4 is 4.74 Å². The van der Waals surface area contributed by atoms with Crippen molar-refractivity contribution in [2.24, 2.45) is 0 Å². The number of methoxy groups -OCH3 is 1. The number of halogens is 1. The van der Waals surface area contributed by atoms with Crippen molar-refractivity contribution >= 4 is 12.6 Å². The maximum atomic E-state index is 12.6. The van der Waals surface area contributed by atoms with Gasteiger partial charge >= 0.3 is 0 Å². The molecule has 0 aromatic heterocycles. The van der Waals surface area contributed by atoms with Gasteiger partial charge < -0.3 is 4.74 Å². The Bertz CT molecular complexity index is 804. The summed E-state index contributed by atoms with van der Waals surface area (Å²) in [5.41, 5.74) is 1.06. The van der Waals surface area contributed by atoms with E-state index >= 15 is 0 Å². The molecule has 0 aliphatic carbocycles. The van der Waals surface area contributed by atoms with Gasteiger partial charge in [-0.05, 0) is 36.4 Å². The molecule has 114 valence electrons. The van der Waals surface area contributed by atoms with Crippen molar-refractivity contribution in [3.8, 4) is 17.9 Å². The first-order chi connectivity index (χ1) is 11.1. The Labute approximate surface area is 132 Å². The van der Waals surface area contributed by atoms with Crippen molar-refractivity contribution in [1.29, 1.82) is 10.5 Å². The smallest absolute Gasteiger partial charge is 0.153 e. The van der Waals surface area contributed by atoms with E-state index in [-0.39, 0.29) is 11.1 Å². The lowest BCUT2D eigenvalue weighted by Gasteiger charge is -2.01. The van der Waals surface area contributed by atoms with Crippen molar-refractivity contribution in [3.63, 3.8) is 0 Å². The van der Waals surface area contributed by atoms with Crippen molar-refractivity contribution < 1.29 is 18.7 Å². The van der Waals surface area contributed by atoms with Gasteiger partial charge in [-0.2, -0.15) is 10.5 Å². The average Bonchev–Trinajstić information content (AvgIpc) is 2.62. The molecule has 0 atom stereocenters. The molecule has 23 heavy (non-hydrogen) atoms. The summed E-state index contributed by atoms with van der Waals surface area (Å²) in [6, 6.07) is 12.1. The van der Waals surface area contributed by atoms with Crippen LogP contribution in [-0.4, -0.2) is 19.7 Å². The van der Waals surface area contributed by atoms with Gasteiger partial charge in [0.2, 0.25) is 0 Å². The molecule has 0 spiro atoms. The van der Waals surface area contributed by atoms with Crippen LogP contribution in [0.4, 0.5) is 4.39 Å². The van der Waals surface area contributed by atoms with E-state index in [1.54, 1.807) is 18.2 Å². The van der Waals surface area contributed by atoms with Gasteiger partial charge in [0.1, 0.15) is 11.6 Å². The van der Waals surface area contributed by atoms with E-state index in [9.17, 15) is 14.0 Å². The first-order valence-corrected chi connectivity index (χ1v) is 6.27. The molecule has 0 N–H and O–H groups in total. The van der Waals surface area contributed by atoms with E-state index in [0.717, 1.165) is 6.07 Å². The highest BCUT2D eigenvalue weighted by molar-refractivity contribution is 5.80. The third kappa shape index (κ3) is 4.76. The van der Waals surface area contributed by atoms with Gasteiger partial charge in [-0.25, -0.2) is 4.39 Å². The minimum absolute atomic E-state index is 0.0796. The molecule has 0 fully saturated rings. The topological polar surface area (TPSA) is 90.9 Å². The van der Waals surface area contributed by atoms with Gasteiger partial charge in [-0.1, -0.05) is 0 Å². The fourth-order valence-corrected chi connectivity index (χ4v) is 1.60. The molecule has 0 aliphatic rings. The van der Waals surface area contributed by atoms with Crippen LogP contribution in [0.15, 0.2) is 36.4 Å². The van der Waals surface area contributed by atoms with Crippen molar-refractivity contribution in [2.45, 2.75) is 0 Å². The van der Waals surface area contributed by atoms with E-state index in [1.165, 1.54) is 25.3 Å². The van der Waals surface area contributed by atoms with Crippen LogP contribution in [0.25, 0.3) is 0 Å². The van der Waals surface area contributed by atoms with E-state index < -0.39 is 5.82 Å². The first-order valence-electron chi connectivity index (χ1n) is 6.27. The standard InChI is InChI=1S/C9H7NO2.C8H4FNO/c1-12-9-3-2-7(5-10)4-8(9)6-11;9-8-2-1-6(4-10)3-7(8)5-11/h2-4,6H,1H3;1-3,5H. The Balaban J connectivity index is 0.000000231. The molecular weight excluding hydrogens is 299 g/mol. The van der Waals surface area contributed by atoms with E-state index in [1.807, 2.05) is 6.07 Å². The summed E-state index contributed by atoms with van der Waals surface area (Å²) in [6.07, 6.45) is 1.05. The summed E-state index contributed by atoms with van der Waals surface area (Å²) in [5, 5.41) is 16.9. The van der Waals surface area contributed by atoms with E-state index in [2.05, 4.69) is 0 Å². The molecule has 0 saturated carbocycles. The molecule has 0 bridgehead atoms. The zero-order chi connectivity index (χ0) is 17.2. The monoisotopic (exact) mass is 310 g/mol. The first kappa shape index (κ1) is 17.5. The summed E-state index contributed by atoms with van der Waals surface area (Å²) in [5.74, 6) is -0.108. The third-order valence-corrected chi connectivity index (χ3v) is 2.74. The molecule has 0 aliphatic heterocycles. The van der Waals surface area contributed by atoms with E-state index in [0.29, 0.717) is 29.4 Å². The lowest BCUT2D eigenvalue weighted by molar-refractivity contribution is 0.111. The maximum absolute atomic E-state index is 12.6. The minimum Gasteiger partial charge on any atom is -0.496 e. The molecule has 2 rings (SSSR count). The number of benzene rings is 2. The maximum Gasteiger partial charge on any atom is 0.153 e. The lowest BCUT2D eigenvalue weighted by Crippen LogP contribution is -1.90.